The second kappa shape index (κ2) is 3.27. The maximum atomic E-state index is 6.25. The average molecular weight is 169 g/mol. The van der Waals surface area contributed by atoms with Gasteiger partial charge in [-0.3, -0.25) is 0 Å². The third-order valence-electron chi connectivity index (χ3n) is 2.04. The first-order chi connectivity index (χ1) is 5.17. The van der Waals surface area contributed by atoms with Gasteiger partial charge in [0.25, 0.3) is 0 Å². The Balaban J connectivity index is 2.93. The van der Waals surface area contributed by atoms with Crippen molar-refractivity contribution in [3.05, 3.63) is 35.9 Å². The quantitative estimate of drug-likeness (QED) is 0.593. The first-order valence-corrected chi connectivity index (χ1v) is 4.29. The topological polar surface area (TPSA) is 0 Å². The smallest absolute Gasteiger partial charge is 0.0664 e. The molecule has 0 aliphatic rings. The van der Waals surface area contributed by atoms with E-state index < -0.39 is 0 Å². The van der Waals surface area contributed by atoms with Crippen molar-refractivity contribution in [1.82, 2.24) is 0 Å². The summed E-state index contributed by atoms with van der Waals surface area (Å²) in [5.74, 6) is 0. The SMILES string of the molecule is CC[C@](C)(Cl)c1ccccc1. The van der Waals surface area contributed by atoms with Gasteiger partial charge < -0.3 is 0 Å². The predicted octanol–water partition coefficient (Wildman–Crippen LogP) is 3.55. The fraction of sp³-hybridized carbons (Fsp3) is 0.400. The molecule has 1 aromatic carbocycles. The summed E-state index contributed by atoms with van der Waals surface area (Å²) in [6.45, 7) is 4.14. The Morgan fingerprint density at radius 2 is 1.82 bits per heavy atom. The van der Waals surface area contributed by atoms with Gasteiger partial charge in [0.2, 0.25) is 0 Å². The van der Waals surface area contributed by atoms with E-state index in [4.69, 9.17) is 11.6 Å². The summed E-state index contributed by atoms with van der Waals surface area (Å²) >= 11 is 6.25. The number of alkyl halides is 1. The molecule has 0 aliphatic heterocycles. The summed E-state index contributed by atoms with van der Waals surface area (Å²) in [5.41, 5.74) is 1.20. The summed E-state index contributed by atoms with van der Waals surface area (Å²) in [5, 5.41) is 0. The Morgan fingerprint density at radius 3 is 2.27 bits per heavy atom. The van der Waals surface area contributed by atoms with Gasteiger partial charge in [-0.25, -0.2) is 0 Å². The standard InChI is InChI=1S/C10H13Cl/c1-3-10(2,11)9-7-5-4-6-8-9/h4-8H,3H2,1-2H3/t10-/m0/s1. The lowest BCUT2D eigenvalue weighted by molar-refractivity contribution is 0.650. The largest absolute Gasteiger partial charge is 0.114 e. The molecule has 0 fully saturated rings. The molecule has 0 saturated heterocycles. The fourth-order valence-corrected chi connectivity index (χ4v) is 1.12. The number of hydrogen-bond acceptors (Lipinski definition) is 0. The van der Waals surface area contributed by atoms with E-state index in [-0.39, 0.29) is 4.87 Å². The van der Waals surface area contributed by atoms with Crippen LogP contribution in [0.4, 0.5) is 0 Å². The van der Waals surface area contributed by atoms with Crippen molar-refractivity contribution in [2.24, 2.45) is 0 Å². The fourth-order valence-electron chi connectivity index (χ4n) is 0.990. The van der Waals surface area contributed by atoms with Gasteiger partial charge in [0, 0.05) is 0 Å². The molecule has 0 aromatic heterocycles. The maximum Gasteiger partial charge on any atom is 0.0664 e. The maximum absolute atomic E-state index is 6.25. The molecule has 0 amide bonds. The second-order valence-corrected chi connectivity index (χ2v) is 3.75. The highest BCUT2D eigenvalue weighted by atomic mass is 35.5. The van der Waals surface area contributed by atoms with Crippen molar-refractivity contribution >= 4 is 11.6 Å². The van der Waals surface area contributed by atoms with Gasteiger partial charge in [0.15, 0.2) is 0 Å². The van der Waals surface area contributed by atoms with E-state index in [1.165, 1.54) is 5.56 Å². The highest BCUT2D eigenvalue weighted by molar-refractivity contribution is 6.23. The Kier molecular flexibility index (Phi) is 2.56. The second-order valence-electron chi connectivity index (χ2n) is 2.92. The zero-order chi connectivity index (χ0) is 8.32. The lowest BCUT2D eigenvalue weighted by Gasteiger charge is -2.19. The van der Waals surface area contributed by atoms with Crippen molar-refractivity contribution in [3.8, 4) is 0 Å². The van der Waals surface area contributed by atoms with E-state index in [0.29, 0.717) is 0 Å². The number of rotatable bonds is 2. The molecule has 60 valence electrons. The zero-order valence-corrected chi connectivity index (χ0v) is 7.73. The van der Waals surface area contributed by atoms with Gasteiger partial charge in [-0.1, -0.05) is 37.3 Å². The Bertz CT molecular complexity index is 214. The summed E-state index contributed by atoms with van der Waals surface area (Å²) in [4.78, 5) is -0.193. The highest BCUT2D eigenvalue weighted by Gasteiger charge is 2.19. The Morgan fingerprint density at radius 1 is 1.27 bits per heavy atom. The lowest BCUT2D eigenvalue weighted by Crippen LogP contribution is -2.11. The van der Waals surface area contributed by atoms with Crippen LogP contribution in [0.3, 0.4) is 0 Å². The summed E-state index contributed by atoms with van der Waals surface area (Å²) in [6.07, 6.45) is 0.957. The average Bonchev–Trinajstić information content (AvgIpc) is 2.06. The summed E-state index contributed by atoms with van der Waals surface area (Å²) < 4.78 is 0. The molecule has 0 spiro atoms. The van der Waals surface area contributed by atoms with Crippen LogP contribution in [-0.2, 0) is 4.87 Å². The van der Waals surface area contributed by atoms with Crippen LogP contribution >= 0.6 is 11.6 Å². The molecule has 0 radical (unpaired) electrons. The van der Waals surface area contributed by atoms with Crippen LogP contribution < -0.4 is 0 Å². The van der Waals surface area contributed by atoms with Gasteiger partial charge in [-0.05, 0) is 18.9 Å². The summed E-state index contributed by atoms with van der Waals surface area (Å²) in [6, 6.07) is 10.2. The van der Waals surface area contributed by atoms with Crippen molar-refractivity contribution in [1.29, 1.82) is 0 Å². The number of benzene rings is 1. The molecule has 0 unspecified atom stereocenters. The molecule has 1 rings (SSSR count). The first-order valence-electron chi connectivity index (χ1n) is 3.91. The van der Waals surface area contributed by atoms with Gasteiger partial charge in [-0.2, -0.15) is 0 Å². The molecule has 11 heavy (non-hydrogen) atoms. The van der Waals surface area contributed by atoms with E-state index in [1.807, 2.05) is 25.1 Å². The van der Waals surface area contributed by atoms with Crippen LogP contribution in [0.25, 0.3) is 0 Å². The molecule has 0 nitrogen and oxygen atoms in total. The van der Waals surface area contributed by atoms with Crippen LogP contribution in [0.5, 0.6) is 0 Å². The molecular formula is C10H13Cl. The van der Waals surface area contributed by atoms with E-state index >= 15 is 0 Å². The molecular weight excluding hydrogens is 156 g/mol. The van der Waals surface area contributed by atoms with Crippen LogP contribution in [0.15, 0.2) is 30.3 Å². The van der Waals surface area contributed by atoms with Crippen molar-refractivity contribution in [3.63, 3.8) is 0 Å². The van der Waals surface area contributed by atoms with Crippen LogP contribution in [-0.4, -0.2) is 0 Å². The third kappa shape index (κ3) is 1.97. The van der Waals surface area contributed by atoms with Crippen LogP contribution in [0.1, 0.15) is 25.8 Å². The third-order valence-corrected chi connectivity index (χ3v) is 2.53. The van der Waals surface area contributed by atoms with Crippen LogP contribution in [0.2, 0.25) is 0 Å². The monoisotopic (exact) mass is 168 g/mol. The molecule has 1 aromatic rings. The lowest BCUT2D eigenvalue weighted by atomic mass is 9.98. The van der Waals surface area contributed by atoms with Crippen molar-refractivity contribution in [2.75, 3.05) is 0 Å². The molecule has 1 atom stereocenters. The Labute approximate surface area is 73.2 Å². The Hall–Kier alpha value is -0.490. The molecule has 0 bridgehead atoms. The molecule has 0 heterocycles. The van der Waals surface area contributed by atoms with E-state index in [1.54, 1.807) is 0 Å². The molecule has 0 aliphatic carbocycles. The minimum absolute atomic E-state index is 0.193. The van der Waals surface area contributed by atoms with Crippen molar-refractivity contribution in [2.45, 2.75) is 25.1 Å². The predicted molar refractivity (Wildman–Crippen MR) is 49.9 cm³/mol. The summed E-state index contributed by atoms with van der Waals surface area (Å²) in [7, 11) is 0. The van der Waals surface area contributed by atoms with Crippen molar-refractivity contribution < 1.29 is 0 Å². The highest BCUT2D eigenvalue weighted by Crippen LogP contribution is 2.31. The minimum atomic E-state index is -0.193. The minimum Gasteiger partial charge on any atom is -0.114 e. The van der Waals surface area contributed by atoms with Gasteiger partial charge in [0.1, 0.15) is 0 Å². The van der Waals surface area contributed by atoms with Gasteiger partial charge in [0.05, 0.1) is 4.87 Å². The number of halogens is 1. The molecule has 1 heteroatoms. The zero-order valence-electron chi connectivity index (χ0n) is 6.97. The first kappa shape index (κ1) is 8.61. The normalized spacial score (nSPS) is 15.9. The van der Waals surface area contributed by atoms with E-state index in [2.05, 4.69) is 19.1 Å². The van der Waals surface area contributed by atoms with Crippen LogP contribution in [0, 0.1) is 0 Å². The number of hydrogen-bond donors (Lipinski definition) is 0. The van der Waals surface area contributed by atoms with E-state index in [0.717, 1.165) is 6.42 Å². The molecule has 0 saturated carbocycles. The van der Waals surface area contributed by atoms with E-state index in [9.17, 15) is 0 Å². The molecule has 0 N–H and O–H groups in total. The van der Waals surface area contributed by atoms with Gasteiger partial charge >= 0.3 is 0 Å². The van der Waals surface area contributed by atoms with Gasteiger partial charge in [-0.15, -0.1) is 11.6 Å².